The molecule has 0 aliphatic carbocycles. The number of ether oxygens (including phenoxy) is 2. The molecule has 3 heterocycles. The molecular formula is C14H20N4O3S. The average molecular weight is 324 g/mol. The fourth-order valence-corrected chi connectivity index (χ4v) is 3.28. The van der Waals surface area contributed by atoms with Crippen molar-refractivity contribution < 1.29 is 9.47 Å². The van der Waals surface area contributed by atoms with Crippen molar-refractivity contribution in [3.8, 4) is 0 Å². The SMILES string of the molecule is CC(C)(CCCNc1nn2c(=O)ccnc2s1)C1OCCO1. The van der Waals surface area contributed by atoms with Gasteiger partial charge >= 0.3 is 0 Å². The van der Waals surface area contributed by atoms with Gasteiger partial charge in [0.1, 0.15) is 0 Å². The molecule has 120 valence electrons. The number of hydrogen-bond acceptors (Lipinski definition) is 7. The minimum atomic E-state index is -0.161. The van der Waals surface area contributed by atoms with Gasteiger partial charge in [-0.25, -0.2) is 4.98 Å². The number of nitrogens with zero attached hydrogens (tertiary/aromatic N) is 3. The second-order valence-corrected chi connectivity index (χ2v) is 6.93. The molecule has 1 aliphatic heterocycles. The maximum Gasteiger partial charge on any atom is 0.275 e. The van der Waals surface area contributed by atoms with Gasteiger partial charge in [-0.3, -0.25) is 4.79 Å². The van der Waals surface area contributed by atoms with Crippen LogP contribution in [0.5, 0.6) is 0 Å². The summed E-state index contributed by atoms with van der Waals surface area (Å²) in [5.41, 5.74) is -0.171. The molecule has 1 aliphatic rings. The minimum Gasteiger partial charge on any atom is -0.360 e. The molecule has 1 fully saturated rings. The first kappa shape index (κ1) is 15.4. The van der Waals surface area contributed by atoms with Crippen LogP contribution in [0.4, 0.5) is 5.13 Å². The molecular weight excluding hydrogens is 304 g/mol. The molecule has 22 heavy (non-hydrogen) atoms. The van der Waals surface area contributed by atoms with Crippen LogP contribution >= 0.6 is 11.3 Å². The molecule has 0 unspecified atom stereocenters. The fourth-order valence-electron chi connectivity index (χ4n) is 2.48. The lowest BCUT2D eigenvalue weighted by atomic mass is 9.87. The summed E-state index contributed by atoms with van der Waals surface area (Å²) in [7, 11) is 0. The van der Waals surface area contributed by atoms with Crippen LogP contribution in [0.15, 0.2) is 17.1 Å². The Morgan fingerprint density at radius 1 is 1.45 bits per heavy atom. The highest BCUT2D eigenvalue weighted by molar-refractivity contribution is 7.20. The third-order valence-corrected chi connectivity index (χ3v) is 4.59. The van der Waals surface area contributed by atoms with E-state index in [2.05, 4.69) is 29.2 Å². The first-order valence-electron chi connectivity index (χ1n) is 7.38. The van der Waals surface area contributed by atoms with E-state index in [1.165, 1.54) is 28.1 Å². The Morgan fingerprint density at radius 3 is 2.95 bits per heavy atom. The topological polar surface area (TPSA) is 77.8 Å². The molecule has 0 atom stereocenters. The summed E-state index contributed by atoms with van der Waals surface area (Å²) >= 11 is 1.37. The molecule has 0 spiro atoms. The van der Waals surface area contributed by atoms with E-state index in [1.807, 2.05) is 0 Å². The van der Waals surface area contributed by atoms with E-state index in [9.17, 15) is 4.79 Å². The van der Waals surface area contributed by atoms with Crippen molar-refractivity contribution in [2.45, 2.75) is 33.0 Å². The van der Waals surface area contributed by atoms with Crippen molar-refractivity contribution in [1.29, 1.82) is 0 Å². The molecule has 2 aromatic heterocycles. The predicted octanol–water partition coefficient (Wildman–Crippen LogP) is 1.74. The maximum atomic E-state index is 11.6. The van der Waals surface area contributed by atoms with E-state index in [4.69, 9.17) is 9.47 Å². The molecule has 1 N–H and O–H groups in total. The normalized spacial score (nSPS) is 16.5. The Morgan fingerprint density at radius 2 is 2.23 bits per heavy atom. The van der Waals surface area contributed by atoms with Gasteiger partial charge in [0.2, 0.25) is 10.1 Å². The highest BCUT2D eigenvalue weighted by atomic mass is 32.1. The van der Waals surface area contributed by atoms with Gasteiger partial charge in [-0.15, -0.1) is 5.10 Å². The summed E-state index contributed by atoms with van der Waals surface area (Å²) in [5, 5.41) is 8.18. The van der Waals surface area contributed by atoms with Crippen LogP contribution in [-0.4, -0.2) is 40.6 Å². The molecule has 8 heteroatoms. The minimum absolute atomic E-state index is 0.00966. The van der Waals surface area contributed by atoms with Crippen LogP contribution in [-0.2, 0) is 9.47 Å². The van der Waals surface area contributed by atoms with E-state index in [0.717, 1.165) is 19.4 Å². The molecule has 0 saturated carbocycles. The number of nitrogens with one attached hydrogen (secondary N) is 1. The van der Waals surface area contributed by atoms with Crippen LogP contribution in [0.2, 0.25) is 0 Å². The van der Waals surface area contributed by atoms with Gasteiger partial charge in [0, 0.05) is 24.2 Å². The number of hydrogen-bond donors (Lipinski definition) is 1. The smallest absolute Gasteiger partial charge is 0.275 e. The van der Waals surface area contributed by atoms with Crippen molar-refractivity contribution in [1.82, 2.24) is 14.6 Å². The summed E-state index contributed by atoms with van der Waals surface area (Å²) in [6.07, 6.45) is 3.34. The molecule has 3 rings (SSSR count). The van der Waals surface area contributed by atoms with E-state index in [0.29, 0.717) is 23.3 Å². The highest BCUT2D eigenvalue weighted by Crippen LogP contribution is 2.32. The summed E-state index contributed by atoms with van der Waals surface area (Å²) in [5.74, 6) is 0. The number of aromatic nitrogens is 3. The Bertz CT molecular complexity index is 691. The molecule has 0 aromatic carbocycles. The van der Waals surface area contributed by atoms with Gasteiger partial charge in [0.15, 0.2) is 6.29 Å². The highest BCUT2D eigenvalue weighted by Gasteiger charge is 2.33. The van der Waals surface area contributed by atoms with Crippen LogP contribution in [0.3, 0.4) is 0 Å². The van der Waals surface area contributed by atoms with Crippen LogP contribution in [0.1, 0.15) is 26.7 Å². The molecule has 1 saturated heterocycles. The second kappa shape index (κ2) is 6.31. The van der Waals surface area contributed by atoms with Crippen molar-refractivity contribution >= 4 is 21.4 Å². The van der Waals surface area contributed by atoms with Crippen LogP contribution < -0.4 is 10.9 Å². The maximum absolute atomic E-state index is 11.6. The van der Waals surface area contributed by atoms with E-state index in [1.54, 1.807) is 0 Å². The standard InChI is InChI=1S/C14H20N4O3S/c1-14(2,11-20-8-9-21-11)5-3-6-15-12-17-18-10(19)4-7-16-13(18)22-12/h4,7,11H,3,5-6,8-9H2,1-2H3,(H,15,17). The van der Waals surface area contributed by atoms with Crippen LogP contribution in [0, 0.1) is 5.41 Å². The quantitative estimate of drug-likeness (QED) is 0.816. The molecule has 7 nitrogen and oxygen atoms in total. The van der Waals surface area contributed by atoms with Gasteiger partial charge in [-0.2, -0.15) is 4.52 Å². The van der Waals surface area contributed by atoms with Crippen molar-refractivity contribution in [2.75, 3.05) is 25.1 Å². The predicted molar refractivity (Wildman–Crippen MR) is 84.3 cm³/mol. The molecule has 0 radical (unpaired) electrons. The zero-order valence-corrected chi connectivity index (χ0v) is 13.6. The average Bonchev–Trinajstić information content (AvgIpc) is 3.13. The third-order valence-electron chi connectivity index (χ3n) is 3.70. The summed E-state index contributed by atoms with van der Waals surface area (Å²) in [4.78, 5) is 16.3. The largest absolute Gasteiger partial charge is 0.360 e. The Hall–Kier alpha value is -1.51. The molecule has 2 aromatic rings. The zero-order chi connectivity index (χ0) is 15.6. The third kappa shape index (κ3) is 3.29. The van der Waals surface area contributed by atoms with Crippen LogP contribution in [0.25, 0.3) is 4.96 Å². The summed E-state index contributed by atoms with van der Waals surface area (Å²) in [6.45, 7) is 6.46. The lowest BCUT2D eigenvalue weighted by Gasteiger charge is -2.29. The first-order chi connectivity index (χ1) is 10.6. The van der Waals surface area contributed by atoms with Gasteiger partial charge < -0.3 is 14.8 Å². The van der Waals surface area contributed by atoms with Gasteiger partial charge in [0.05, 0.1) is 13.2 Å². The Balaban J connectivity index is 1.52. The van der Waals surface area contributed by atoms with E-state index in [-0.39, 0.29) is 17.3 Å². The Labute approximate surface area is 132 Å². The monoisotopic (exact) mass is 324 g/mol. The van der Waals surface area contributed by atoms with E-state index < -0.39 is 0 Å². The lowest BCUT2D eigenvalue weighted by Crippen LogP contribution is -2.30. The first-order valence-corrected chi connectivity index (χ1v) is 8.20. The summed E-state index contributed by atoms with van der Waals surface area (Å²) < 4.78 is 12.5. The van der Waals surface area contributed by atoms with Gasteiger partial charge in [0.25, 0.3) is 5.56 Å². The van der Waals surface area contributed by atoms with E-state index >= 15 is 0 Å². The lowest BCUT2D eigenvalue weighted by molar-refractivity contribution is -0.122. The summed E-state index contributed by atoms with van der Waals surface area (Å²) in [6, 6.07) is 1.40. The van der Waals surface area contributed by atoms with Gasteiger partial charge in [-0.1, -0.05) is 25.2 Å². The van der Waals surface area contributed by atoms with Crippen molar-refractivity contribution in [3.05, 3.63) is 22.6 Å². The van der Waals surface area contributed by atoms with Gasteiger partial charge in [-0.05, 0) is 12.8 Å². The van der Waals surface area contributed by atoms with Crippen molar-refractivity contribution in [3.63, 3.8) is 0 Å². The molecule has 0 amide bonds. The number of anilines is 1. The van der Waals surface area contributed by atoms with Crippen molar-refractivity contribution in [2.24, 2.45) is 5.41 Å². The fraction of sp³-hybridized carbons (Fsp3) is 0.643. The number of fused-ring (bicyclic) bond motifs is 1. The second-order valence-electron chi connectivity index (χ2n) is 5.98. The molecule has 0 bridgehead atoms. The Kier molecular flexibility index (Phi) is 4.42. The zero-order valence-electron chi connectivity index (χ0n) is 12.7. The number of rotatable bonds is 6.